The van der Waals surface area contributed by atoms with Gasteiger partial charge < -0.3 is 24.8 Å². The van der Waals surface area contributed by atoms with E-state index in [0.717, 1.165) is 5.54 Å². The van der Waals surface area contributed by atoms with Crippen LogP contribution in [0.5, 0.6) is 0 Å². The molecule has 3 aromatic rings. The minimum absolute atomic E-state index is 0. The predicted octanol–water partition coefficient (Wildman–Crippen LogP) is 1.27. The van der Waals surface area contributed by atoms with E-state index >= 15 is 0 Å². The minimum Gasteiger partial charge on any atom is -1.00 e. The Morgan fingerprint density at radius 1 is 0.931 bits per heavy atom. The fraction of sp³-hybridized carbons (Fsp3) is 0.250. The van der Waals surface area contributed by atoms with E-state index in [1.165, 1.54) is 27.5 Å². The standard InChI is InChI=1S/C14H11.C10H12SSi.2ClH.Zr/c1-10-8-12-7-6-11-4-2-3-5-13(11)14(12)9-10;1-6-9-7-4-5-11-8(7)10(6)12(9,2)3;;;/h2-9H,1H3;4-5,9H,1-3H3;2*1H;/q;;;;+2/p-2. The van der Waals surface area contributed by atoms with Gasteiger partial charge in [-0.05, 0) is 29.1 Å². The van der Waals surface area contributed by atoms with E-state index in [-0.39, 0.29) is 24.8 Å². The molecule has 2 bridgehead atoms. The second-order valence-electron chi connectivity index (χ2n) is 8.53. The second kappa shape index (κ2) is 8.24. The molecule has 0 radical (unpaired) electrons. The number of thiophene rings is 1. The van der Waals surface area contributed by atoms with Crippen LogP contribution in [-0.4, -0.2) is 8.07 Å². The molecule has 4 aliphatic rings. The van der Waals surface area contributed by atoms with Gasteiger partial charge in [-0.1, -0.05) is 18.7 Å². The molecule has 2 aliphatic heterocycles. The quantitative estimate of drug-likeness (QED) is 0.382. The summed E-state index contributed by atoms with van der Waals surface area (Å²) in [6.07, 6.45) is 2.36. The summed E-state index contributed by atoms with van der Waals surface area (Å²) in [5.41, 5.74) is 8.71. The van der Waals surface area contributed by atoms with Gasteiger partial charge in [-0.15, -0.1) is 11.3 Å². The van der Waals surface area contributed by atoms with E-state index in [1.807, 2.05) is 11.3 Å². The maximum Gasteiger partial charge on any atom is -1.00 e. The second-order valence-corrected chi connectivity index (χ2v) is 15.4. The third kappa shape index (κ3) is 3.33. The van der Waals surface area contributed by atoms with Crippen LogP contribution in [-0.2, 0) is 24.7 Å². The third-order valence-corrected chi connectivity index (χ3v) is 13.7. The van der Waals surface area contributed by atoms with E-state index in [1.54, 1.807) is 45.9 Å². The average Bonchev–Trinajstić information content (AvgIpc) is 3.33. The van der Waals surface area contributed by atoms with Gasteiger partial charge >= 0.3 is 105 Å². The van der Waals surface area contributed by atoms with Crippen molar-refractivity contribution in [3.63, 3.8) is 0 Å². The van der Waals surface area contributed by atoms with Crippen LogP contribution in [0.15, 0.2) is 59.0 Å². The molecule has 2 unspecified atom stereocenters. The Labute approximate surface area is 206 Å². The first-order chi connectivity index (χ1) is 12.9. The van der Waals surface area contributed by atoms with Gasteiger partial charge in [0.15, 0.2) is 0 Å². The Hall–Kier alpha value is -0.440. The Morgan fingerprint density at radius 3 is 2.34 bits per heavy atom. The van der Waals surface area contributed by atoms with E-state index < -0.39 is 8.07 Å². The Morgan fingerprint density at radius 2 is 1.66 bits per heavy atom. The SMILES string of the molecule is CC1=C2c3sccc3C1[Si]2(C)C.CC1=Cc2c(ccc3ccccc23)[CH]1[Zr+2].[Cl-].[Cl-]. The number of hydrogen-bond donors (Lipinski definition) is 0. The zero-order chi connectivity index (χ0) is 18.9. The summed E-state index contributed by atoms with van der Waals surface area (Å²) in [4.78, 5) is 1.63. The molecule has 5 heteroatoms. The largest absolute Gasteiger partial charge is 1.00 e. The molecule has 2 aliphatic carbocycles. The Kier molecular flexibility index (Phi) is 6.60. The summed E-state index contributed by atoms with van der Waals surface area (Å²) in [5, 5.41) is 6.77. The number of halogens is 2. The van der Waals surface area contributed by atoms with Crippen LogP contribution < -0.4 is 24.8 Å². The summed E-state index contributed by atoms with van der Waals surface area (Å²) >= 11 is 3.54. The number of allylic oxidation sites excluding steroid dienone is 2. The fourth-order valence-electron chi connectivity index (χ4n) is 5.39. The maximum absolute atomic E-state index is 2.51. The van der Waals surface area contributed by atoms with Crippen molar-refractivity contribution in [3.8, 4) is 0 Å². The molecule has 3 heterocycles. The van der Waals surface area contributed by atoms with Crippen LogP contribution in [0.25, 0.3) is 22.0 Å². The van der Waals surface area contributed by atoms with Crippen LogP contribution in [0.3, 0.4) is 0 Å². The van der Waals surface area contributed by atoms with Gasteiger partial charge in [-0.3, -0.25) is 0 Å². The van der Waals surface area contributed by atoms with Gasteiger partial charge in [0.1, 0.15) is 0 Å². The molecule has 147 valence electrons. The molecule has 29 heavy (non-hydrogen) atoms. The van der Waals surface area contributed by atoms with Crippen LogP contribution in [0.2, 0.25) is 13.1 Å². The van der Waals surface area contributed by atoms with Gasteiger partial charge in [0.25, 0.3) is 0 Å². The van der Waals surface area contributed by atoms with Gasteiger partial charge in [-0.25, -0.2) is 0 Å². The van der Waals surface area contributed by atoms with Gasteiger partial charge in [0, 0.05) is 10.4 Å². The molecule has 0 spiro atoms. The molecule has 1 aromatic heterocycles. The normalized spacial score (nSPS) is 21.8. The van der Waals surface area contributed by atoms with E-state index in [4.69, 9.17) is 0 Å². The minimum atomic E-state index is -0.972. The van der Waals surface area contributed by atoms with Gasteiger partial charge in [0.2, 0.25) is 0 Å². The summed E-state index contributed by atoms with van der Waals surface area (Å²) in [7, 11) is -0.972. The molecule has 2 atom stereocenters. The monoisotopic (exact) mass is 531 g/mol. The van der Waals surface area contributed by atoms with E-state index in [9.17, 15) is 0 Å². The zero-order valence-electron chi connectivity index (χ0n) is 17.0. The first-order valence-corrected chi connectivity index (χ1v) is 15.0. The van der Waals surface area contributed by atoms with Crippen LogP contribution >= 0.6 is 11.3 Å². The molecular formula is C24H23Cl2SSiZr. The first kappa shape index (κ1) is 23.2. The molecule has 0 saturated carbocycles. The average molecular weight is 534 g/mol. The number of fused-ring (bicyclic) bond motifs is 3. The first-order valence-electron chi connectivity index (χ1n) is 9.61. The molecule has 0 fully saturated rings. The molecule has 0 nitrogen and oxygen atoms in total. The van der Waals surface area contributed by atoms with Crippen molar-refractivity contribution in [3.05, 3.63) is 80.6 Å². The van der Waals surface area contributed by atoms with Crippen molar-refractivity contribution < 1.29 is 49.5 Å². The predicted molar refractivity (Wildman–Crippen MR) is 117 cm³/mol. The molecular weight excluding hydrogens is 511 g/mol. The van der Waals surface area contributed by atoms with E-state index in [0.29, 0.717) is 3.63 Å². The summed E-state index contributed by atoms with van der Waals surface area (Å²) in [6.45, 7) is 9.58. The third-order valence-electron chi connectivity index (χ3n) is 6.57. The maximum atomic E-state index is 2.51. The molecule has 7 rings (SSSR count). The molecule has 0 amide bonds. The smallest absolute Gasteiger partial charge is 1.00 e. The fourth-order valence-corrected chi connectivity index (χ4v) is 12.4. The van der Waals surface area contributed by atoms with Crippen LogP contribution in [0.1, 0.15) is 44.6 Å². The zero-order valence-corrected chi connectivity index (χ0v) is 22.8. The molecule has 0 N–H and O–H groups in total. The number of hydrogen-bond acceptors (Lipinski definition) is 1. The summed E-state index contributed by atoms with van der Waals surface area (Å²) in [5.74, 6) is 0. The van der Waals surface area contributed by atoms with Crippen LogP contribution in [0.4, 0.5) is 0 Å². The Bertz CT molecular complexity index is 1160. The summed E-state index contributed by atoms with van der Waals surface area (Å²) < 4.78 is 0.678. The van der Waals surface area contributed by atoms with Crippen molar-refractivity contribution in [1.82, 2.24) is 0 Å². The van der Waals surface area contributed by atoms with Crippen molar-refractivity contribution in [2.75, 3.05) is 0 Å². The van der Waals surface area contributed by atoms with Gasteiger partial charge in [-0.2, -0.15) is 0 Å². The summed E-state index contributed by atoms with van der Waals surface area (Å²) in [6, 6.07) is 15.5. The van der Waals surface area contributed by atoms with Gasteiger partial charge in [0.05, 0.1) is 8.07 Å². The van der Waals surface area contributed by atoms with Crippen molar-refractivity contribution >= 4 is 41.5 Å². The Balaban J connectivity index is 0.000000158. The topological polar surface area (TPSA) is 0 Å². The van der Waals surface area contributed by atoms with Crippen molar-refractivity contribution in [2.24, 2.45) is 0 Å². The number of benzene rings is 2. The van der Waals surface area contributed by atoms with Crippen LogP contribution in [0, 0.1) is 0 Å². The number of rotatable bonds is 0. The molecule has 2 aromatic carbocycles. The van der Waals surface area contributed by atoms with Crippen molar-refractivity contribution in [1.29, 1.82) is 0 Å². The van der Waals surface area contributed by atoms with Crippen molar-refractivity contribution in [2.45, 2.75) is 36.1 Å². The molecule has 0 saturated heterocycles. The van der Waals surface area contributed by atoms with E-state index in [2.05, 4.69) is 80.9 Å².